The van der Waals surface area contributed by atoms with Crippen molar-refractivity contribution >= 4 is 11.8 Å². The second-order valence-electron chi connectivity index (χ2n) is 7.17. The van der Waals surface area contributed by atoms with Gasteiger partial charge in [-0.1, -0.05) is 36.4 Å². The van der Waals surface area contributed by atoms with Crippen molar-refractivity contribution in [3.63, 3.8) is 0 Å². The Bertz CT molecular complexity index is 895. The lowest BCUT2D eigenvalue weighted by Gasteiger charge is -2.35. The fourth-order valence-electron chi connectivity index (χ4n) is 3.81. The van der Waals surface area contributed by atoms with Gasteiger partial charge in [0.1, 0.15) is 0 Å². The third-order valence-electron chi connectivity index (χ3n) is 5.45. The highest BCUT2D eigenvalue weighted by Crippen LogP contribution is 2.48. The van der Waals surface area contributed by atoms with Gasteiger partial charge in [-0.05, 0) is 36.1 Å². The monoisotopic (exact) mass is 359 g/mol. The van der Waals surface area contributed by atoms with Crippen LogP contribution in [0.5, 0.6) is 0 Å². The van der Waals surface area contributed by atoms with Gasteiger partial charge < -0.3 is 9.80 Å². The van der Waals surface area contributed by atoms with Gasteiger partial charge in [0.15, 0.2) is 0 Å². The van der Waals surface area contributed by atoms with E-state index in [0.29, 0.717) is 43.2 Å². The predicted octanol–water partition coefficient (Wildman–Crippen LogP) is 2.65. The molecule has 1 heterocycles. The molecule has 0 N–H and O–H groups in total. The highest BCUT2D eigenvalue weighted by atomic mass is 16.2. The Labute approximate surface area is 158 Å². The lowest BCUT2D eigenvalue weighted by atomic mass is 10.1. The fourth-order valence-corrected chi connectivity index (χ4v) is 3.81. The van der Waals surface area contributed by atoms with Crippen LogP contribution in [0.2, 0.25) is 0 Å². The Morgan fingerprint density at radius 2 is 1.63 bits per heavy atom. The molecule has 1 aliphatic carbocycles. The van der Waals surface area contributed by atoms with Gasteiger partial charge in [0.05, 0.1) is 11.6 Å². The lowest BCUT2D eigenvalue weighted by molar-refractivity contribution is -0.134. The normalized spacial score (nSPS) is 21.4. The van der Waals surface area contributed by atoms with Crippen molar-refractivity contribution in [1.29, 1.82) is 5.26 Å². The van der Waals surface area contributed by atoms with Crippen LogP contribution >= 0.6 is 0 Å². The first-order chi connectivity index (χ1) is 13.2. The summed E-state index contributed by atoms with van der Waals surface area (Å²) in [7, 11) is 0. The molecule has 0 aromatic heterocycles. The standard InChI is InChI=1S/C22H21N3O2/c23-15-16-5-4-8-18(13-16)21(26)24-9-11-25(12-10-24)22(27)20-14-19(20)17-6-2-1-3-7-17/h1-8,13,19-20H,9-12,14H2. The third kappa shape index (κ3) is 3.56. The number of amides is 2. The largest absolute Gasteiger partial charge is 0.339 e. The van der Waals surface area contributed by atoms with Gasteiger partial charge in [-0.3, -0.25) is 9.59 Å². The van der Waals surface area contributed by atoms with E-state index in [4.69, 9.17) is 5.26 Å². The number of benzene rings is 2. The van der Waals surface area contributed by atoms with Crippen LogP contribution in [0.15, 0.2) is 54.6 Å². The summed E-state index contributed by atoms with van der Waals surface area (Å²) >= 11 is 0. The number of carbonyl (C=O) groups excluding carboxylic acids is 2. The molecule has 1 aliphatic heterocycles. The van der Waals surface area contributed by atoms with Crippen LogP contribution in [0.3, 0.4) is 0 Å². The summed E-state index contributed by atoms with van der Waals surface area (Å²) in [6, 6.07) is 19.0. The van der Waals surface area contributed by atoms with Crippen LogP contribution in [0.25, 0.3) is 0 Å². The van der Waals surface area contributed by atoms with Crippen molar-refractivity contribution in [1.82, 2.24) is 9.80 Å². The minimum atomic E-state index is -0.0761. The zero-order chi connectivity index (χ0) is 18.8. The van der Waals surface area contributed by atoms with Crippen molar-refractivity contribution in [3.05, 3.63) is 71.3 Å². The van der Waals surface area contributed by atoms with E-state index < -0.39 is 0 Å². The second kappa shape index (κ2) is 7.24. The summed E-state index contributed by atoms with van der Waals surface area (Å²) < 4.78 is 0. The van der Waals surface area contributed by atoms with Crippen LogP contribution in [0, 0.1) is 17.2 Å². The summed E-state index contributed by atoms with van der Waals surface area (Å²) in [4.78, 5) is 29.1. The van der Waals surface area contributed by atoms with Crippen molar-refractivity contribution in [2.75, 3.05) is 26.2 Å². The Hall–Kier alpha value is -3.13. The van der Waals surface area contributed by atoms with E-state index in [0.717, 1.165) is 6.42 Å². The van der Waals surface area contributed by atoms with E-state index >= 15 is 0 Å². The van der Waals surface area contributed by atoms with Gasteiger partial charge in [0.2, 0.25) is 5.91 Å². The molecule has 0 bridgehead atoms. The summed E-state index contributed by atoms with van der Waals surface area (Å²) in [5.74, 6) is 0.559. The Morgan fingerprint density at radius 3 is 2.33 bits per heavy atom. The first-order valence-corrected chi connectivity index (χ1v) is 9.30. The predicted molar refractivity (Wildman–Crippen MR) is 101 cm³/mol. The summed E-state index contributed by atoms with van der Waals surface area (Å²) in [6.07, 6.45) is 0.920. The average Bonchev–Trinajstić information content (AvgIpc) is 3.54. The van der Waals surface area contributed by atoms with E-state index in [1.807, 2.05) is 23.1 Å². The lowest BCUT2D eigenvalue weighted by Crippen LogP contribution is -2.51. The van der Waals surface area contributed by atoms with Gasteiger partial charge in [-0.25, -0.2) is 0 Å². The molecule has 2 unspecified atom stereocenters. The number of nitrogens with zero attached hydrogens (tertiary/aromatic N) is 3. The van der Waals surface area contributed by atoms with Crippen molar-refractivity contribution < 1.29 is 9.59 Å². The van der Waals surface area contributed by atoms with Crippen molar-refractivity contribution in [3.8, 4) is 6.07 Å². The zero-order valence-corrected chi connectivity index (χ0v) is 15.0. The zero-order valence-electron chi connectivity index (χ0n) is 15.0. The number of hydrogen-bond acceptors (Lipinski definition) is 3. The number of nitriles is 1. The molecular formula is C22H21N3O2. The maximum Gasteiger partial charge on any atom is 0.254 e. The molecule has 2 fully saturated rings. The van der Waals surface area contributed by atoms with E-state index in [9.17, 15) is 9.59 Å². The van der Waals surface area contributed by atoms with E-state index in [-0.39, 0.29) is 17.7 Å². The van der Waals surface area contributed by atoms with Crippen LogP contribution < -0.4 is 0 Å². The number of hydrogen-bond donors (Lipinski definition) is 0. The van der Waals surface area contributed by atoms with Gasteiger partial charge in [-0.2, -0.15) is 5.26 Å². The van der Waals surface area contributed by atoms with E-state index in [1.54, 1.807) is 29.2 Å². The van der Waals surface area contributed by atoms with E-state index in [2.05, 4.69) is 18.2 Å². The molecule has 27 heavy (non-hydrogen) atoms. The van der Waals surface area contributed by atoms with E-state index in [1.165, 1.54) is 5.56 Å². The van der Waals surface area contributed by atoms with Gasteiger partial charge in [0.25, 0.3) is 5.91 Å². The highest BCUT2D eigenvalue weighted by Gasteiger charge is 2.46. The molecule has 5 nitrogen and oxygen atoms in total. The smallest absolute Gasteiger partial charge is 0.254 e. The highest BCUT2D eigenvalue weighted by molar-refractivity contribution is 5.94. The van der Waals surface area contributed by atoms with Gasteiger partial charge in [-0.15, -0.1) is 0 Å². The molecule has 2 atom stereocenters. The average molecular weight is 359 g/mol. The minimum Gasteiger partial charge on any atom is -0.339 e. The molecule has 0 spiro atoms. The molecule has 0 radical (unpaired) electrons. The first kappa shape index (κ1) is 17.3. The SMILES string of the molecule is N#Cc1cccc(C(=O)N2CCN(C(=O)C3CC3c3ccccc3)CC2)c1. The van der Waals surface area contributed by atoms with Crippen molar-refractivity contribution in [2.24, 2.45) is 5.92 Å². The summed E-state index contributed by atoms with van der Waals surface area (Å²) in [5.41, 5.74) is 2.25. The third-order valence-corrected chi connectivity index (χ3v) is 5.45. The van der Waals surface area contributed by atoms with Gasteiger partial charge in [0, 0.05) is 37.7 Å². The van der Waals surface area contributed by atoms with Crippen LogP contribution in [-0.4, -0.2) is 47.8 Å². The first-order valence-electron chi connectivity index (χ1n) is 9.30. The molecule has 136 valence electrons. The second-order valence-corrected chi connectivity index (χ2v) is 7.17. The maximum atomic E-state index is 12.8. The number of carbonyl (C=O) groups is 2. The molecule has 2 aliphatic rings. The molecule has 4 rings (SSSR count). The molecule has 1 saturated heterocycles. The molecule has 2 aromatic rings. The molecule has 2 aromatic carbocycles. The Morgan fingerprint density at radius 1 is 0.926 bits per heavy atom. The Balaban J connectivity index is 1.33. The van der Waals surface area contributed by atoms with Crippen molar-refractivity contribution in [2.45, 2.75) is 12.3 Å². The van der Waals surface area contributed by atoms with Crippen LogP contribution in [0.4, 0.5) is 0 Å². The van der Waals surface area contributed by atoms with Crippen LogP contribution in [0.1, 0.15) is 33.8 Å². The number of rotatable bonds is 3. The van der Waals surface area contributed by atoms with Crippen LogP contribution in [-0.2, 0) is 4.79 Å². The summed E-state index contributed by atoms with van der Waals surface area (Å²) in [5, 5.41) is 8.99. The topological polar surface area (TPSA) is 64.4 Å². The minimum absolute atomic E-state index is 0.0761. The van der Waals surface area contributed by atoms with Gasteiger partial charge >= 0.3 is 0 Å². The molecule has 1 saturated carbocycles. The quantitative estimate of drug-likeness (QED) is 0.846. The molecule has 5 heteroatoms. The molecular weight excluding hydrogens is 338 g/mol. The maximum absolute atomic E-state index is 12.8. The molecule has 2 amide bonds. The summed E-state index contributed by atoms with van der Waals surface area (Å²) in [6.45, 7) is 2.20. The Kier molecular flexibility index (Phi) is 4.64. The fraction of sp³-hybridized carbons (Fsp3) is 0.318. The number of piperazine rings is 1.